The second-order valence-electron chi connectivity index (χ2n) is 7.86. The summed E-state index contributed by atoms with van der Waals surface area (Å²) in [6.07, 6.45) is 1.74. The lowest BCUT2D eigenvalue weighted by Crippen LogP contribution is -2.32. The average Bonchev–Trinajstić information content (AvgIpc) is 3.31. The van der Waals surface area contributed by atoms with Crippen LogP contribution in [0.4, 0.5) is 10.1 Å². The number of furan rings is 1. The van der Waals surface area contributed by atoms with E-state index >= 15 is 0 Å². The number of benzene rings is 2. The molecule has 2 heterocycles. The third-order valence-electron chi connectivity index (χ3n) is 4.72. The molecular weight excluding hydrogens is 411 g/mol. The first kappa shape index (κ1) is 21.1. The Morgan fingerprint density at radius 2 is 1.77 bits per heavy atom. The van der Waals surface area contributed by atoms with Crippen molar-refractivity contribution in [3.8, 4) is 11.3 Å². The van der Waals surface area contributed by atoms with Gasteiger partial charge in [-0.1, -0.05) is 31.5 Å². The van der Waals surface area contributed by atoms with Crippen LogP contribution in [0.2, 0.25) is 0 Å². The molecular formula is C25H23FN2O2S. The van der Waals surface area contributed by atoms with E-state index in [1.807, 2.05) is 37.3 Å². The Morgan fingerprint density at radius 3 is 2.45 bits per heavy atom. The van der Waals surface area contributed by atoms with Gasteiger partial charge in [0.15, 0.2) is 5.17 Å². The predicted molar refractivity (Wildman–Crippen MR) is 124 cm³/mol. The fraction of sp³-hybridized carbons (Fsp3) is 0.200. The molecule has 31 heavy (non-hydrogen) atoms. The number of aryl methyl sites for hydroxylation is 1. The summed E-state index contributed by atoms with van der Waals surface area (Å²) >= 11 is 1.35. The molecule has 1 aliphatic rings. The van der Waals surface area contributed by atoms with Gasteiger partial charge in [-0.05, 0) is 73.1 Å². The third kappa shape index (κ3) is 4.97. The smallest absolute Gasteiger partial charge is 0.266 e. The summed E-state index contributed by atoms with van der Waals surface area (Å²) in [6, 6.07) is 17.6. The highest BCUT2D eigenvalue weighted by molar-refractivity contribution is 8.18. The summed E-state index contributed by atoms with van der Waals surface area (Å²) in [6.45, 7) is 6.77. The number of hydrogen-bond donors (Lipinski definition) is 0. The van der Waals surface area contributed by atoms with E-state index in [0.29, 0.717) is 34.1 Å². The van der Waals surface area contributed by atoms with E-state index < -0.39 is 0 Å². The van der Waals surface area contributed by atoms with Gasteiger partial charge in [0.1, 0.15) is 17.3 Å². The zero-order chi connectivity index (χ0) is 22.0. The Hall–Kier alpha value is -3.12. The summed E-state index contributed by atoms with van der Waals surface area (Å²) < 4.78 is 19.0. The standard InChI is InChI=1S/C25H23FN2O2S/c1-16(2)15-28-24(29)23(31-25(28)27-20-10-4-17(3)5-11-20)14-21-12-13-22(30-21)18-6-8-19(26)9-7-18/h4-14,16H,15H2,1-3H3/b23-14+,27-25?. The molecule has 1 aliphatic heterocycles. The molecule has 158 valence electrons. The molecule has 0 unspecified atom stereocenters. The molecule has 4 rings (SSSR count). The predicted octanol–water partition coefficient (Wildman–Crippen LogP) is 6.65. The third-order valence-corrected chi connectivity index (χ3v) is 5.73. The van der Waals surface area contributed by atoms with Crippen LogP contribution in [0.3, 0.4) is 0 Å². The summed E-state index contributed by atoms with van der Waals surface area (Å²) in [5, 5.41) is 0.666. The monoisotopic (exact) mass is 434 g/mol. The van der Waals surface area contributed by atoms with Gasteiger partial charge in [-0.3, -0.25) is 9.69 Å². The van der Waals surface area contributed by atoms with Crippen LogP contribution in [0.1, 0.15) is 25.2 Å². The lowest BCUT2D eigenvalue weighted by molar-refractivity contribution is -0.122. The van der Waals surface area contributed by atoms with Crippen molar-refractivity contribution < 1.29 is 13.6 Å². The number of aliphatic imine (C=N–C) groups is 1. The van der Waals surface area contributed by atoms with Crippen LogP contribution in [-0.2, 0) is 4.79 Å². The van der Waals surface area contributed by atoms with E-state index in [9.17, 15) is 9.18 Å². The molecule has 0 atom stereocenters. The van der Waals surface area contributed by atoms with Crippen LogP contribution in [0.5, 0.6) is 0 Å². The summed E-state index contributed by atoms with van der Waals surface area (Å²) in [5.74, 6) is 1.12. The Morgan fingerprint density at radius 1 is 1.06 bits per heavy atom. The minimum atomic E-state index is -0.295. The molecule has 3 aromatic rings. The molecule has 0 aliphatic carbocycles. The number of halogens is 1. The van der Waals surface area contributed by atoms with Gasteiger partial charge in [0.05, 0.1) is 10.6 Å². The Labute approximate surface area is 185 Å². The van der Waals surface area contributed by atoms with Gasteiger partial charge in [0.25, 0.3) is 5.91 Å². The van der Waals surface area contributed by atoms with E-state index in [2.05, 4.69) is 13.8 Å². The number of nitrogens with zero attached hydrogens (tertiary/aromatic N) is 2. The van der Waals surface area contributed by atoms with Gasteiger partial charge >= 0.3 is 0 Å². The van der Waals surface area contributed by atoms with Gasteiger partial charge in [-0.15, -0.1) is 0 Å². The quantitative estimate of drug-likeness (QED) is 0.422. The van der Waals surface area contributed by atoms with E-state index in [-0.39, 0.29) is 11.7 Å². The lowest BCUT2D eigenvalue weighted by Gasteiger charge is -2.17. The fourth-order valence-corrected chi connectivity index (χ4v) is 4.16. The van der Waals surface area contributed by atoms with Gasteiger partial charge < -0.3 is 4.42 Å². The van der Waals surface area contributed by atoms with E-state index in [0.717, 1.165) is 16.8 Å². The summed E-state index contributed by atoms with van der Waals surface area (Å²) in [4.78, 5) is 20.1. The largest absolute Gasteiger partial charge is 0.457 e. The molecule has 4 nitrogen and oxygen atoms in total. The van der Waals surface area contributed by atoms with E-state index in [1.54, 1.807) is 29.2 Å². The van der Waals surface area contributed by atoms with Crippen molar-refractivity contribution >= 4 is 34.6 Å². The average molecular weight is 435 g/mol. The van der Waals surface area contributed by atoms with Gasteiger partial charge in [-0.25, -0.2) is 9.38 Å². The zero-order valence-electron chi connectivity index (χ0n) is 17.6. The molecule has 6 heteroatoms. The van der Waals surface area contributed by atoms with Crippen molar-refractivity contribution in [2.45, 2.75) is 20.8 Å². The minimum absolute atomic E-state index is 0.0794. The number of carbonyl (C=O) groups is 1. The molecule has 1 aromatic heterocycles. The van der Waals surface area contributed by atoms with Gasteiger partial charge in [-0.2, -0.15) is 0 Å². The van der Waals surface area contributed by atoms with Crippen LogP contribution >= 0.6 is 11.8 Å². The molecule has 1 fully saturated rings. The summed E-state index contributed by atoms with van der Waals surface area (Å²) in [5.41, 5.74) is 2.75. The lowest BCUT2D eigenvalue weighted by atomic mass is 10.2. The maximum Gasteiger partial charge on any atom is 0.266 e. The number of amidine groups is 1. The molecule has 0 bridgehead atoms. The van der Waals surface area contributed by atoms with Crippen LogP contribution in [0.25, 0.3) is 17.4 Å². The number of rotatable bonds is 5. The van der Waals surface area contributed by atoms with Crippen molar-refractivity contribution in [1.82, 2.24) is 4.90 Å². The first-order chi connectivity index (χ1) is 14.9. The van der Waals surface area contributed by atoms with E-state index in [1.165, 1.54) is 23.9 Å². The van der Waals surface area contributed by atoms with Gasteiger partial charge in [0.2, 0.25) is 0 Å². The maximum atomic E-state index is 13.2. The van der Waals surface area contributed by atoms with Crippen LogP contribution in [-0.4, -0.2) is 22.5 Å². The van der Waals surface area contributed by atoms with Crippen molar-refractivity contribution in [2.24, 2.45) is 10.9 Å². The zero-order valence-corrected chi connectivity index (χ0v) is 18.4. The van der Waals surface area contributed by atoms with Crippen LogP contribution < -0.4 is 0 Å². The second-order valence-corrected chi connectivity index (χ2v) is 8.87. The number of thioether (sulfide) groups is 1. The van der Waals surface area contributed by atoms with Gasteiger partial charge in [0, 0.05) is 18.2 Å². The number of hydrogen-bond acceptors (Lipinski definition) is 4. The molecule has 1 amide bonds. The van der Waals surface area contributed by atoms with Crippen molar-refractivity contribution in [3.05, 3.63) is 82.7 Å². The molecule has 0 N–H and O–H groups in total. The van der Waals surface area contributed by atoms with Crippen LogP contribution in [0.15, 0.2) is 75.0 Å². The highest BCUT2D eigenvalue weighted by atomic mass is 32.2. The molecule has 0 saturated carbocycles. The fourth-order valence-electron chi connectivity index (χ4n) is 3.18. The normalized spacial score (nSPS) is 16.8. The Balaban J connectivity index is 1.62. The molecule has 1 saturated heterocycles. The number of carbonyl (C=O) groups excluding carboxylic acids is 1. The first-order valence-electron chi connectivity index (χ1n) is 10.1. The Kier molecular flexibility index (Phi) is 6.09. The number of amides is 1. The molecule has 2 aromatic carbocycles. The topological polar surface area (TPSA) is 45.8 Å². The maximum absolute atomic E-state index is 13.2. The first-order valence-corrected chi connectivity index (χ1v) is 10.9. The minimum Gasteiger partial charge on any atom is -0.457 e. The molecule has 0 radical (unpaired) electrons. The highest BCUT2D eigenvalue weighted by Gasteiger charge is 2.34. The highest BCUT2D eigenvalue weighted by Crippen LogP contribution is 2.35. The van der Waals surface area contributed by atoms with Crippen molar-refractivity contribution in [2.75, 3.05) is 6.54 Å². The summed E-state index contributed by atoms with van der Waals surface area (Å²) in [7, 11) is 0. The SMILES string of the molecule is Cc1ccc(N=C2S/C(=C/c3ccc(-c4ccc(F)cc4)o3)C(=O)N2CC(C)C)cc1. The van der Waals surface area contributed by atoms with Crippen LogP contribution in [0, 0.1) is 18.7 Å². The van der Waals surface area contributed by atoms with Crippen molar-refractivity contribution in [1.29, 1.82) is 0 Å². The van der Waals surface area contributed by atoms with Crippen molar-refractivity contribution in [3.63, 3.8) is 0 Å². The second kappa shape index (κ2) is 8.94. The molecule has 0 spiro atoms. The van der Waals surface area contributed by atoms with E-state index in [4.69, 9.17) is 9.41 Å². The Bertz CT molecular complexity index is 1150.